The van der Waals surface area contributed by atoms with E-state index in [4.69, 9.17) is 4.74 Å². The zero-order valence-corrected chi connectivity index (χ0v) is 16.3. The molecular formula is C22H26N2O4. The molecule has 0 atom stereocenters. The van der Waals surface area contributed by atoms with Crippen molar-refractivity contribution in [1.29, 1.82) is 0 Å². The van der Waals surface area contributed by atoms with Crippen LogP contribution >= 0.6 is 0 Å². The summed E-state index contributed by atoms with van der Waals surface area (Å²) < 4.78 is 5.65. The van der Waals surface area contributed by atoms with Crippen molar-refractivity contribution in [1.82, 2.24) is 4.90 Å². The molecule has 6 heteroatoms. The van der Waals surface area contributed by atoms with Gasteiger partial charge in [0.2, 0.25) is 5.91 Å². The van der Waals surface area contributed by atoms with E-state index in [-0.39, 0.29) is 30.1 Å². The number of carbonyl (C=O) groups is 2. The zero-order valence-electron chi connectivity index (χ0n) is 16.3. The van der Waals surface area contributed by atoms with E-state index in [0.29, 0.717) is 37.4 Å². The number of ether oxygens (including phenoxy) is 1. The van der Waals surface area contributed by atoms with E-state index in [9.17, 15) is 14.7 Å². The predicted molar refractivity (Wildman–Crippen MR) is 107 cm³/mol. The Balaban J connectivity index is 1.47. The lowest BCUT2D eigenvalue weighted by Crippen LogP contribution is -2.43. The number of rotatable bonds is 5. The fourth-order valence-corrected chi connectivity index (χ4v) is 3.46. The molecular weight excluding hydrogens is 356 g/mol. The monoisotopic (exact) mass is 382 g/mol. The van der Waals surface area contributed by atoms with Crippen molar-refractivity contribution in [3.63, 3.8) is 0 Å². The number of benzene rings is 2. The third-order valence-corrected chi connectivity index (χ3v) is 4.94. The largest absolute Gasteiger partial charge is 0.506 e. The van der Waals surface area contributed by atoms with Crippen LogP contribution in [0.1, 0.15) is 24.0 Å². The van der Waals surface area contributed by atoms with Gasteiger partial charge < -0.3 is 20.1 Å². The minimum Gasteiger partial charge on any atom is -0.506 e. The second-order valence-corrected chi connectivity index (χ2v) is 7.27. The van der Waals surface area contributed by atoms with E-state index >= 15 is 0 Å². The summed E-state index contributed by atoms with van der Waals surface area (Å²) in [5.41, 5.74) is 2.60. The van der Waals surface area contributed by atoms with Crippen LogP contribution in [0.25, 0.3) is 0 Å². The lowest BCUT2D eigenvalue weighted by Gasteiger charge is -2.31. The Hall–Kier alpha value is -3.02. The highest BCUT2D eigenvalue weighted by atomic mass is 16.5. The van der Waals surface area contributed by atoms with Crippen LogP contribution in [-0.4, -0.2) is 41.5 Å². The summed E-state index contributed by atoms with van der Waals surface area (Å²) in [5, 5.41) is 12.5. The first kappa shape index (κ1) is 19.7. The van der Waals surface area contributed by atoms with E-state index in [1.807, 2.05) is 26.0 Å². The fourth-order valence-electron chi connectivity index (χ4n) is 3.46. The van der Waals surface area contributed by atoms with Gasteiger partial charge in [0.15, 0.2) is 6.61 Å². The Morgan fingerprint density at radius 3 is 2.39 bits per heavy atom. The number of nitrogens with one attached hydrogen (secondary N) is 1. The van der Waals surface area contributed by atoms with E-state index in [1.165, 1.54) is 6.07 Å². The molecule has 148 valence electrons. The summed E-state index contributed by atoms with van der Waals surface area (Å²) in [7, 11) is 0. The normalized spacial score (nSPS) is 14.6. The molecule has 1 aliphatic heterocycles. The number of hydrogen-bond acceptors (Lipinski definition) is 4. The molecule has 0 aliphatic carbocycles. The van der Waals surface area contributed by atoms with Gasteiger partial charge in [0.05, 0.1) is 5.69 Å². The van der Waals surface area contributed by atoms with Gasteiger partial charge in [-0.05, 0) is 62.1 Å². The lowest BCUT2D eigenvalue weighted by atomic mass is 9.95. The zero-order chi connectivity index (χ0) is 20.1. The van der Waals surface area contributed by atoms with Crippen molar-refractivity contribution >= 4 is 17.5 Å². The molecule has 0 spiro atoms. The number of anilines is 1. The maximum absolute atomic E-state index is 12.4. The number of hydrogen-bond donors (Lipinski definition) is 2. The van der Waals surface area contributed by atoms with Crippen LogP contribution in [0.5, 0.6) is 11.5 Å². The first-order valence-electron chi connectivity index (χ1n) is 9.50. The van der Waals surface area contributed by atoms with Crippen molar-refractivity contribution in [3.05, 3.63) is 53.6 Å². The van der Waals surface area contributed by atoms with Crippen LogP contribution in [0.15, 0.2) is 42.5 Å². The van der Waals surface area contributed by atoms with Gasteiger partial charge in [-0.1, -0.05) is 18.2 Å². The molecule has 0 saturated carbocycles. The number of nitrogens with zero attached hydrogens (tertiary/aromatic N) is 1. The number of aryl methyl sites for hydroxylation is 2. The fraction of sp³-hybridized carbons (Fsp3) is 0.364. The Kier molecular flexibility index (Phi) is 6.19. The highest BCUT2D eigenvalue weighted by Crippen LogP contribution is 2.25. The molecule has 3 rings (SSSR count). The van der Waals surface area contributed by atoms with Crippen LogP contribution < -0.4 is 10.1 Å². The third kappa shape index (κ3) is 5.03. The SMILES string of the molecule is Cc1cc(C)cc(OCC(=O)N2CCC(C(=O)Nc3ccccc3O)CC2)c1. The number of phenols is 1. The van der Waals surface area contributed by atoms with Crippen molar-refractivity contribution in [2.75, 3.05) is 25.0 Å². The second kappa shape index (κ2) is 8.78. The summed E-state index contributed by atoms with van der Waals surface area (Å²) in [6, 6.07) is 12.5. The molecule has 0 radical (unpaired) electrons. The molecule has 1 aliphatic rings. The average molecular weight is 382 g/mol. The Morgan fingerprint density at radius 2 is 1.75 bits per heavy atom. The summed E-state index contributed by atoms with van der Waals surface area (Å²) >= 11 is 0. The first-order chi connectivity index (χ1) is 13.4. The molecule has 1 fully saturated rings. The molecule has 2 amide bonds. The van der Waals surface area contributed by atoms with Gasteiger partial charge in [0, 0.05) is 19.0 Å². The number of phenolic OH excluding ortho intramolecular Hbond substituents is 1. The Labute approximate surface area is 165 Å². The number of para-hydroxylation sites is 2. The van der Waals surface area contributed by atoms with Gasteiger partial charge in [-0.2, -0.15) is 0 Å². The van der Waals surface area contributed by atoms with E-state index in [0.717, 1.165) is 11.1 Å². The number of piperidine rings is 1. The van der Waals surface area contributed by atoms with E-state index in [2.05, 4.69) is 11.4 Å². The molecule has 6 nitrogen and oxygen atoms in total. The number of carbonyl (C=O) groups excluding carboxylic acids is 2. The predicted octanol–water partition coefficient (Wildman–Crippen LogP) is 3.27. The minimum absolute atomic E-state index is 0.00234. The Morgan fingerprint density at radius 1 is 1.11 bits per heavy atom. The molecule has 1 saturated heterocycles. The summed E-state index contributed by atoms with van der Waals surface area (Å²) in [5.74, 6) is 0.373. The van der Waals surface area contributed by atoms with E-state index < -0.39 is 0 Å². The van der Waals surface area contributed by atoms with E-state index in [1.54, 1.807) is 23.1 Å². The standard InChI is InChI=1S/C22H26N2O4/c1-15-11-16(2)13-18(12-15)28-14-21(26)24-9-7-17(8-10-24)22(27)23-19-5-3-4-6-20(19)25/h3-6,11-13,17,25H,7-10,14H2,1-2H3,(H,23,27). The summed E-state index contributed by atoms with van der Waals surface area (Å²) in [6.07, 6.45) is 1.18. The topological polar surface area (TPSA) is 78.9 Å². The minimum atomic E-state index is -0.177. The van der Waals surface area contributed by atoms with Crippen molar-refractivity contribution in [2.24, 2.45) is 5.92 Å². The molecule has 2 aromatic rings. The molecule has 0 unspecified atom stereocenters. The summed E-state index contributed by atoms with van der Waals surface area (Å²) in [6.45, 7) is 5.03. The van der Waals surface area contributed by atoms with Crippen molar-refractivity contribution in [2.45, 2.75) is 26.7 Å². The maximum Gasteiger partial charge on any atom is 0.260 e. The lowest BCUT2D eigenvalue weighted by molar-refractivity contribution is -0.136. The quantitative estimate of drug-likeness (QED) is 0.778. The molecule has 0 aromatic heterocycles. The van der Waals surface area contributed by atoms with Gasteiger partial charge in [0.25, 0.3) is 5.91 Å². The highest BCUT2D eigenvalue weighted by molar-refractivity contribution is 5.94. The molecule has 2 aromatic carbocycles. The van der Waals surface area contributed by atoms with Gasteiger partial charge in [0.1, 0.15) is 11.5 Å². The van der Waals surface area contributed by atoms with Gasteiger partial charge >= 0.3 is 0 Å². The average Bonchev–Trinajstić information content (AvgIpc) is 2.67. The highest BCUT2D eigenvalue weighted by Gasteiger charge is 2.27. The van der Waals surface area contributed by atoms with Crippen molar-refractivity contribution < 1.29 is 19.4 Å². The molecule has 1 heterocycles. The van der Waals surface area contributed by atoms with Gasteiger partial charge in [-0.15, -0.1) is 0 Å². The van der Waals surface area contributed by atoms with Crippen LogP contribution in [-0.2, 0) is 9.59 Å². The third-order valence-electron chi connectivity index (χ3n) is 4.94. The summed E-state index contributed by atoms with van der Waals surface area (Å²) in [4.78, 5) is 26.6. The van der Waals surface area contributed by atoms with Crippen LogP contribution in [0.2, 0.25) is 0 Å². The maximum atomic E-state index is 12.4. The van der Waals surface area contributed by atoms with Crippen LogP contribution in [0.4, 0.5) is 5.69 Å². The van der Waals surface area contributed by atoms with Gasteiger partial charge in [-0.3, -0.25) is 9.59 Å². The first-order valence-corrected chi connectivity index (χ1v) is 9.50. The molecule has 0 bridgehead atoms. The smallest absolute Gasteiger partial charge is 0.260 e. The van der Waals surface area contributed by atoms with Crippen LogP contribution in [0, 0.1) is 19.8 Å². The number of likely N-dealkylation sites (tertiary alicyclic amines) is 1. The number of aromatic hydroxyl groups is 1. The Bertz CT molecular complexity index is 837. The number of amides is 2. The second-order valence-electron chi connectivity index (χ2n) is 7.27. The van der Waals surface area contributed by atoms with Crippen LogP contribution in [0.3, 0.4) is 0 Å². The molecule has 28 heavy (non-hydrogen) atoms. The molecule has 2 N–H and O–H groups in total. The van der Waals surface area contributed by atoms with Crippen molar-refractivity contribution in [3.8, 4) is 11.5 Å². The van der Waals surface area contributed by atoms with Gasteiger partial charge in [-0.25, -0.2) is 0 Å².